The van der Waals surface area contributed by atoms with Gasteiger partial charge in [0, 0.05) is 45.3 Å². The molecular weight excluding hydrogens is 418 g/mol. The Hall–Kier alpha value is -2.45. The number of piperidine rings is 1. The highest BCUT2D eigenvalue weighted by atomic mass is 16.5. The summed E-state index contributed by atoms with van der Waals surface area (Å²) in [5.41, 5.74) is 1.81. The topological polar surface area (TPSA) is 79.7 Å². The van der Waals surface area contributed by atoms with Gasteiger partial charge in [-0.25, -0.2) is 4.98 Å². The van der Waals surface area contributed by atoms with Crippen molar-refractivity contribution in [2.45, 2.75) is 47.2 Å². The first-order chi connectivity index (χ1) is 15.5. The van der Waals surface area contributed by atoms with Gasteiger partial charge in [0.2, 0.25) is 5.91 Å². The number of rotatable bonds is 6. The Morgan fingerprint density at radius 1 is 1.21 bits per heavy atom. The van der Waals surface area contributed by atoms with E-state index in [1.807, 2.05) is 45.6 Å². The minimum Gasteiger partial charge on any atom is -0.378 e. The van der Waals surface area contributed by atoms with Crippen molar-refractivity contribution >= 4 is 22.8 Å². The zero-order valence-corrected chi connectivity index (χ0v) is 19.4. The van der Waals surface area contributed by atoms with Crippen LogP contribution < -0.4 is 5.32 Å². The van der Waals surface area contributed by atoms with Gasteiger partial charge in [-0.1, -0.05) is 33.4 Å². The Kier molecular flexibility index (Phi) is 8.48. The molecule has 2 amide bonds. The number of morpholine rings is 1. The number of benzene rings is 1. The molecule has 3 heterocycles. The lowest BCUT2D eigenvalue weighted by Gasteiger charge is -2.40. The zero-order chi connectivity index (χ0) is 22.7. The summed E-state index contributed by atoms with van der Waals surface area (Å²) in [6.07, 6.45) is 0.675. The van der Waals surface area contributed by atoms with E-state index in [2.05, 4.69) is 19.2 Å². The number of nitrogens with one attached hydrogen (secondary N) is 1. The summed E-state index contributed by atoms with van der Waals surface area (Å²) in [7, 11) is 0. The average molecular weight is 458 g/mol. The molecule has 8 nitrogen and oxygen atoms in total. The maximum atomic E-state index is 13.8. The Morgan fingerprint density at radius 2 is 1.94 bits per heavy atom. The predicted molar refractivity (Wildman–Crippen MR) is 130 cm³/mol. The fourth-order valence-electron chi connectivity index (χ4n) is 4.87. The molecular formula is C25H39N5O3. The van der Waals surface area contributed by atoms with Gasteiger partial charge in [0.05, 0.1) is 30.2 Å². The largest absolute Gasteiger partial charge is 0.378 e. The van der Waals surface area contributed by atoms with E-state index in [-0.39, 0.29) is 31.2 Å². The molecule has 1 aromatic heterocycles. The zero-order valence-electron chi connectivity index (χ0n) is 19.4. The first-order valence-corrected chi connectivity index (χ1v) is 11.8. The summed E-state index contributed by atoms with van der Waals surface area (Å²) in [5.74, 6) is 0.787. The Morgan fingerprint density at radius 3 is 2.64 bits per heavy atom. The first kappa shape index (κ1) is 25.2. The second-order valence-corrected chi connectivity index (χ2v) is 9.20. The number of aromatic nitrogens is 2. The third-order valence-electron chi connectivity index (χ3n) is 6.42. The van der Waals surface area contributed by atoms with Crippen LogP contribution in [0.5, 0.6) is 0 Å². The number of carbonyl (C=O) groups is 2. The summed E-state index contributed by atoms with van der Waals surface area (Å²) >= 11 is 0. The normalized spacial score (nSPS) is 21.2. The van der Waals surface area contributed by atoms with E-state index in [9.17, 15) is 9.59 Å². The van der Waals surface area contributed by atoms with Crippen LogP contribution in [0.1, 0.15) is 45.2 Å². The fourth-order valence-corrected chi connectivity index (χ4v) is 4.87. The number of ether oxygens (including phenoxy) is 1. The highest BCUT2D eigenvalue weighted by Crippen LogP contribution is 2.24. The number of hydrogen-bond donors (Lipinski definition) is 1. The van der Waals surface area contributed by atoms with Crippen molar-refractivity contribution < 1.29 is 14.3 Å². The standard InChI is InChI=1S/C24H35N5O3.CH4/c1-4-28-21-8-6-5-7-20(21)26-22(28)24(31)29(16-17(2)3)19-13-18(14-25-15-19)23(30)27-9-11-32-12-10-27;/h5-8,17-19,25H,4,9-16H2,1-3H3;1H4/t18-,19+;/m1./s1. The van der Waals surface area contributed by atoms with Gasteiger partial charge >= 0.3 is 0 Å². The monoisotopic (exact) mass is 457 g/mol. The summed E-state index contributed by atoms with van der Waals surface area (Å²) in [4.78, 5) is 35.5. The predicted octanol–water partition coefficient (Wildman–Crippen LogP) is 2.63. The van der Waals surface area contributed by atoms with Crippen LogP contribution in [-0.2, 0) is 16.1 Å². The van der Waals surface area contributed by atoms with Crippen LogP contribution in [0.4, 0.5) is 0 Å². The van der Waals surface area contributed by atoms with E-state index in [0.29, 0.717) is 70.6 Å². The summed E-state index contributed by atoms with van der Waals surface area (Å²) in [6, 6.07) is 7.84. The smallest absolute Gasteiger partial charge is 0.290 e. The molecule has 2 saturated heterocycles. The fraction of sp³-hybridized carbons (Fsp3) is 0.640. The van der Waals surface area contributed by atoms with Gasteiger partial charge in [-0.2, -0.15) is 0 Å². The third kappa shape index (κ3) is 5.38. The number of para-hydroxylation sites is 2. The van der Waals surface area contributed by atoms with Gasteiger partial charge in [0.1, 0.15) is 0 Å². The van der Waals surface area contributed by atoms with Crippen molar-refractivity contribution in [1.29, 1.82) is 0 Å². The molecule has 1 aromatic carbocycles. The van der Waals surface area contributed by atoms with Crippen LogP contribution in [0.2, 0.25) is 0 Å². The third-order valence-corrected chi connectivity index (χ3v) is 6.42. The summed E-state index contributed by atoms with van der Waals surface area (Å²) in [5, 5.41) is 3.42. The SMILES string of the molecule is C.CCn1c(C(=O)N(CC(C)C)[C@@H]2CNC[C@H](C(=O)N3CCOCC3)C2)nc2ccccc21. The number of imidazole rings is 1. The maximum Gasteiger partial charge on any atom is 0.290 e. The molecule has 8 heteroatoms. The molecule has 0 unspecified atom stereocenters. The number of nitrogens with zero attached hydrogens (tertiary/aromatic N) is 4. The second-order valence-electron chi connectivity index (χ2n) is 9.20. The maximum absolute atomic E-state index is 13.8. The molecule has 4 rings (SSSR count). The minimum absolute atomic E-state index is 0. The highest BCUT2D eigenvalue weighted by molar-refractivity contribution is 5.95. The average Bonchev–Trinajstić information content (AvgIpc) is 3.21. The molecule has 182 valence electrons. The van der Waals surface area contributed by atoms with Gasteiger partial charge in [0.25, 0.3) is 5.91 Å². The molecule has 0 aliphatic carbocycles. The van der Waals surface area contributed by atoms with Gasteiger partial charge < -0.3 is 24.4 Å². The van der Waals surface area contributed by atoms with Crippen molar-refractivity contribution in [3.05, 3.63) is 30.1 Å². The lowest BCUT2D eigenvalue weighted by molar-refractivity contribution is -0.140. The van der Waals surface area contributed by atoms with Crippen LogP contribution in [0.3, 0.4) is 0 Å². The minimum atomic E-state index is -0.126. The molecule has 0 spiro atoms. The molecule has 0 radical (unpaired) electrons. The van der Waals surface area contributed by atoms with E-state index in [1.165, 1.54) is 0 Å². The molecule has 0 bridgehead atoms. The van der Waals surface area contributed by atoms with Crippen molar-refractivity contribution in [3.63, 3.8) is 0 Å². The van der Waals surface area contributed by atoms with Gasteiger partial charge in [-0.3, -0.25) is 9.59 Å². The van der Waals surface area contributed by atoms with E-state index in [0.717, 1.165) is 11.0 Å². The molecule has 2 aliphatic heterocycles. The molecule has 33 heavy (non-hydrogen) atoms. The van der Waals surface area contributed by atoms with Gasteiger partial charge in [-0.05, 0) is 31.4 Å². The van der Waals surface area contributed by atoms with Crippen LogP contribution in [-0.4, -0.2) is 83.1 Å². The molecule has 0 saturated carbocycles. The number of fused-ring (bicyclic) bond motifs is 1. The molecule has 2 fully saturated rings. The highest BCUT2D eigenvalue weighted by Gasteiger charge is 2.36. The van der Waals surface area contributed by atoms with Crippen LogP contribution in [0.15, 0.2) is 24.3 Å². The van der Waals surface area contributed by atoms with E-state index < -0.39 is 0 Å². The van der Waals surface area contributed by atoms with Crippen molar-refractivity contribution in [2.75, 3.05) is 45.9 Å². The van der Waals surface area contributed by atoms with Crippen molar-refractivity contribution in [1.82, 2.24) is 24.7 Å². The summed E-state index contributed by atoms with van der Waals surface area (Å²) < 4.78 is 7.39. The van der Waals surface area contributed by atoms with Gasteiger partial charge in [0.15, 0.2) is 5.82 Å². The molecule has 2 atom stereocenters. The number of aryl methyl sites for hydroxylation is 1. The second kappa shape index (κ2) is 11.1. The Labute approximate surface area is 197 Å². The van der Waals surface area contributed by atoms with E-state index in [1.54, 1.807) is 0 Å². The Balaban J connectivity index is 0.00000306. The lowest BCUT2D eigenvalue weighted by atomic mass is 9.92. The van der Waals surface area contributed by atoms with Crippen molar-refractivity contribution in [3.8, 4) is 0 Å². The van der Waals surface area contributed by atoms with E-state index >= 15 is 0 Å². The molecule has 2 aromatic rings. The Bertz CT molecular complexity index is 951. The number of hydrogen-bond acceptors (Lipinski definition) is 5. The number of amides is 2. The lowest BCUT2D eigenvalue weighted by Crippen LogP contribution is -2.56. The first-order valence-electron chi connectivity index (χ1n) is 11.8. The van der Waals surface area contributed by atoms with Crippen LogP contribution in [0.25, 0.3) is 11.0 Å². The van der Waals surface area contributed by atoms with Crippen LogP contribution in [0, 0.1) is 11.8 Å². The summed E-state index contributed by atoms with van der Waals surface area (Å²) in [6.45, 7) is 11.4. The number of carbonyl (C=O) groups excluding carboxylic acids is 2. The van der Waals surface area contributed by atoms with Gasteiger partial charge in [-0.15, -0.1) is 0 Å². The van der Waals surface area contributed by atoms with E-state index in [4.69, 9.17) is 9.72 Å². The van der Waals surface area contributed by atoms with Crippen molar-refractivity contribution in [2.24, 2.45) is 11.8 Å². The molecule has 1 N–H and O–H groups in total. The quantitative estimate of drug-likeness (QED) is 0.721. The molecule has 2 aliphatic rings. The van der Waals surface area contributed by atoms with Crippen LogP contribution >= 0.6 is 0 Å².